The molecule has 0 spiro atoms. The SMILES string of the molecule is COc1ccccc1-c1c(C(N)=O)nc2n1C([C@H](CO)Cc1c[nH]c3ccccc13)Cc1cc(OC)c(OC)nc1-2. The normalized spacial score (nSPS) is 14.8. The highest BCUT2D eigenvalue weighted by molar-refractivity contribution is 5.99. The van der Waals surface area contributed by atoms with Crippen molar-refractivity contribution in [3.63, 3.8) is 0 Å². The lowest BCUT2D eigenvalue weighted by Gasteiger charge is -2.34. The van der Waals surface area contributed by atoms with Crippen LogP contribution in [0.3, 0.4) is 0 Å². The van der Waals surface area contributed by atoms with E-state index < -0.39 is 5.91 Å². The lowest BCUT2D eigenvalue weighted by molar-refractivity contribution is 0.0996. The van der Waals surface area contributed by atoms with Gasteiger partial charge in [-0.2, -0.15) is 0 Å². The van der Waals surface area contributed by atoms with Gasteiger partial charge in [0, 0.05) is 41.2 Å². The Balaban J connectivity index is 1.60. The first-order valence-corrected chi connectivity index (χ1v) is 13.3. The first-order chi connectivity index (χ1) is 20.0. The number of aromatic nitrogens is 4. The number of imidazole rings is 1. The van der Waals surface area contributed by atoms with Gasteiger partial charge in [-0.15, -0.1) is 0 Å². The maximum absolute atomic E-state index is 12.9. The monoisotopic (exact) mass is 553 g/mol. The fourth-order valence-corrected chi connectivity index (χ4v) is 5.95. The second-order valence-corrected chi connectivity index (χ2v) is 10.1. The first-order valence-electron chi connectivity index (χ1n) is 13.3. The van der Waals surface area contributed by atoms with E-state index in [-0.39, 0.29) is 24.3 Å². The van der Waals surface area contributed by atoms with E-state index in [0.29, 0.717) is 53.0 Å². The Morgan fingerprint density at radius 2 is 1.83 bits per heavy atom. The molecule has 6 rings (SSSR count). The zero-order chi connectivity index (χ0) is 28.7. The number of carbonyl (C=O) groups excluding carboxylic acids is 1. The molecule has 5 aromatic rings. The van der Waals surface area contributed by atoms with Crippen LogP contribution in [0.25, 0.3) is 33.7 Å². The summed E-state index contributed by atoms with van der Waals surface area (Å²) in [6.07, 6.45) is 3.07. The zero-order valence-electron chi connectivity index (χ0n) is 23.0. The number of nitrogens with one attached hydrogen (secondary N) is 1. The van der Waals surface area contributed by atoms with Gasteiger partial charge in [-0.25, -0.2) is 9.97 Å². The number of pyridine rings is 1. The third-order valence-electron chi connectivity index (χ3n) is 7.86. The Bertz CT molecular complexity index is 1760. The van der Waals surface area contributed by atoms with E-state index in [0.717, 1.165) is 22.0 Å². The number of fused-ring (bicyclic) bond motifs is 4. The lowest BCUT2D eigenvalue weighted by atomic mass is 9.85. The highest BCUT2D eigenvalue weighted by atomic mass is 16.5. The van der Waals surface area contributed by atoms with Gasteiger partial charge in [0.05, 0.1) is 27.0 Å². The number of H-pyrrole nitrogens is 1. The average molecular weight is 554 g/mol. The van der Waals surface area contributed by atoms with Crippen LogP contribution in [0, 0.1) is 5.92 Å². The lowest BCUT2D eigenvalue weighted by Crippen LogP contribution is -2.30. The van der Waals surface area contributed by atoms with Crippen molar-refractivity contribution < 1.29 is 24.1 Å². The van der Waals surface area contributed by atoms with Crippen LogP contribution in [-0.4, -0.2) is 58.5 Å². The number of ether oxygens (including phenoxy) is 3. The van der Waals surface area contributed by atoms with Gasteiger partial charge in [-0.3, -0.25) is 4.79 Å². The highest BCUT2D eigenvalue weighted by Gasteiger charge is 2.38. The predicted octanol–water partition coefficient (Wildman–Crippen LogP) is 4.17. The maximum atomic E-state index is 12.9. The quantitative estimate of drug-likeness (QED) is 0.249. The molecule has 0 aliphatic carbocycles. The molecule has 0 fully saturated rings. The standard InChI is InChI=1S/C31H31N5O5/c1-39-24-11-7-5-9-21(24)28-27(29(32)38)34-30-26-17(14-25(40-2)31(35-26)41-3)13-23(36(28)30)19(16-37)12-18-15-33-22-10-6-4-8-20(18)22/h4-11,14-15,19,23,33,37H,12-13,16H2,1-3H3,(H2,32,38)/t19-,23?/m0/s1. The van der Waals surface area contributed by atoms with Crippen LogP contribution in [0.1, 0.15) is 27.7 Å². The van der Waals surface area contributed by atoms with Crippen molar-refractivity contribution in [1.82, 2.24) is 19.5 Å². The van der Waals surface area contributed by atoms with E-state index in [2.05, 4.69) is 11.1 Å². The first kappa shape index (κ1) is 26.4. The number of benzene rings is 2. The number of nitrogens with zero attached hydrogens (tertiary/aromatic N) is 3. The van der Waals surface area contributed by atoms with Gasteiger partial charge < -0.3 is 34.6 Å². The molecular formula is C31H31N5O5. The molecule has 1 unspecified atom stereocenters. The second-order valence-electron chi connectivity index (χ2n) is 10.1. The summed E-state index contributed by atoms with van der Waals surface area (Å²) in [5, 5.41) is 12.0. The Morgan fingerprint density at radius 1 is 1.07 bits per heavy atom. The molecule has 1 aliphatic heterocycles. The number of carbonyl (C=O) groups is 1. The molecule has 10 heteroatoms. The third-order valence-corrected chi connectivity index (χ3v) is 7.86. The van der Waals surface area contributed by atoms with E-state index in [4.69, 9.17) is 29.9 Å². The minimum Gasteiger partial charge on any atom is -0.496 e. The van der Waals surface area contributed by atoms with Gasteiger partial charge in [0.15, 0.2) is 17.3 Å². The Hall–Kier alpha value is -4.83. The minimum atomic E-state index is -0.675. The van der Waals surface area contributed by atoms with Crippen molar-refractivity contribution in [3.05, 3.63) is 77.6 Å². The summed E-state index contributed by atoms with van der Waals surface area (Å²) < 4.78 is 18.7. The Labute approximate surface area is 236 Å². The van der Waals surface area contributed by atoms with Gasteiger partial charge in [0.1, 0.15) is 11.4 Å². The summed E-state index contributed by atoms with van der Waals surface area (Å²) in [4.78, 5) is 25.7. The van der Waals surface area contributed by atoms with Gasteiger partial charge in [-0.05, 0) is 48.2 Å². The van der Waals surface area contributed by atoms with E-state index in [1.165, 1.54) is 7.11 Å². The summed E-state index contributed by atoms with van der Waals surface area (Å²) in [7, 11) is 4.66. The van der Waals surface area contributed by atoms with Crippen molar-refractivity contribution in [2.45, 2.75) is 18.9 Å². The summed E-state index contributed by atoms with van der Waals surface area (Å²) in [6, 6.07) is 17.1. The van der Waals surface area contributed by atoms with Gasteiger partial charge >= 0.3 is 0 Å². The summed E-state index contributed by atoms with van der Waals surface area (Å²) in [5.41, 5.74) is 10.8. The molecule has 1 aliphatic rings. The number of aromatic amines is 1. The molecule has 0 radical (unpaired) electrons. The van der Waals surface area contributed by atoms with E-state index >= 15 is 0 Å². The fraction of sp³-hybridized carbons (Fsp3) is 0.258. The topological polar surface area (TPSA) is 138 Å². The van der Waals surface area contributed by atoms with E-state index in [9.17, 15) is 9.90 Å². The number of nitrogens with two attached hydrogens (primary N) is 1. The molecule has 4 heterocycles. The van der Waals surface area contributed by atoms with Crippen molar-refractivity contribution in [3.8, 4) is 40.2 Å². The van der Waals surface area contributed by atoms with Gasteiger partial charge in [-0.1, -0.05) is 30.3 Å². The molecule has 41 heavy (non-hydrogen) atoms. The smallest absolute Gasteiger partial charge is 0.269 e. The summed E-state index contributed by atoms with van der Waals surface area (Å²) in [6.45, 7) is -0.102. The number of hydrogen-bond acceptors (Lipinski definition) is 7. The van der Waals surface area contributed by atoms with E-state index in [1.807, 2.05) is 59.3 Å². The molecule has 2 aromatic carbocycles. The number of methoxy groups -OCH3 is 3. The molecule has 0 saturated carbocycles. The van der Waals surface area contributed by atoms with Crippen molar-refractivity contribution in [2.75, 3.05) is 27.9 Å². The number of rotatable bonds is 9. The number of amides is 1. The second kappa shape index (κ2) is 10.6. The van der Waals surface area contributed by atoms with Crippen LogP contribution in [0.2, 0.25) is 0 Å². The van der Waals surface area contributed by atoms with Crippen LogP contribution in [0.15, 0.2) is 60.8 Å². The fourth-order valence-electron chi connectivity index (χ4n) is 5.95. The maximum Gasteiger partial charge on any atom is 0.269 e. The number of aliphatic hydroxyl groups is 1. The molecule has 210 valence electrons. The largest absolute Gasteiger partial charge is 0.496 e. The average Bonchev–Trinajstić information content (AvgIpc) is 3.61. The molecular weight excluding hydrogens is 522 g/mol. The van der Waals surface area contributed by atoms with Crippen LogP contribution < -0.4 is 19.9 Å². The van der Waals surface area contributed by atoms with Crippen molar-refractivity contribution >= 4 is 16.8 Å². The highest BCUT2D eigenvalue weighted by Crippen LogP contribution is 2.46. The molecule has 0 bridgehead atoms. The van der Waals surface area contributed by atoms with Crippen LogP contribution in [0.4, 0.5) is 0 Å². The van der Waals surface area contributed by atoms with Crippen LogP contribution in [-0.2, 0) is 12.8 Å². The molecule has 1 amide bonds. The number of para-hydroxylation sites is 2. The Morgan fingerprint density at radius 3 is 2.56 bits per heavy atom. The molecule has 10 nitrogen and oxygen atoms in total. The number of hydrogen-bond donors (Lipinski definition) is 3. The summed E-state index contributed by atoms with van der Waals surface area (Å²) >= 11 is 0. The molecule has 2 atom stereocenters. The van der Waals surface area contributed by atoms with E-state index in [1.54, 1.807) is 14.2 Å². The van der Waals surface area contributed by atoms with Crippen LogP contribution in [0.5, 0.6) is 17.4 Å². The molecule has 4 N–H and O–H groups in total. The molecule has 0 saturated heterocycles. The zero-order valence-corrected chi connectivity index (χ0v) is 23.0. The summed E-state index contributed by atoms with van der Waals surface area (Å²) in [5.74, 6) is 0.894. The van der Waals surface area contributed by atoms with Crippen molar-refractivity contribution in [2.24, 2.45) is 11.7 Å². The van der Waals surface area contributed by atoms with Crippen LogP contribution >= 0.6 is 0 Å². The third kappa shape index (κ3) is 4.36. The number of aliphatic hydroxyl groups excluding tert-OH is 1. The molecule has 3 aromatic heterocycles. The van der Waals surface area contributed by atoms with Gasteiger partial charge in [0.25, 0.3) is 11.8 Å². The Kier molecular flexibility index (Phi) is 6.84. The minimum absolute atomic E-state index is 0.0997. The van der Waals surface area contributed by atoms with Crippen molar-refractivity contribution in [1.29, 1.82) is 0 Å². The predicted molar refractivity (Wildman–Crippen MR) is 154 cm³/mol. The van der Waals surface area contributed by atoms with Gasteiger partial charge in [0.2, 0.25) is 0 Å². The number of primary amides is 1.